The van der Waals surface area contributed by atoms with Crippen LogP contribution in [0.3, 0.4) is 0 Å². The largest absolute Gasteiger partial charge is 0.492 e. The van der Waals surface area contributed by atoms with Gasteiger partial charge in [0.2, 0.25) is 0 Å². The molecule has 98 valence electrons. The number of benzene rings is 1. The van der Waals surface area contributed by atoms with Gasteiger partial charge in [0.1, 0.15) is 18.8 Å². The molecule has 0 unspecified atom stereocenters. The van der Waals surface area contributed by atoms with Crippen LogP contribution < -0.4 is 10.5 Å². The highest BCUT2D eigenvalue weighted by Gasteiger charge is 2.16. The van der Waals surface area contributed by atoms with Crippen molar-refractivity contribution in [3.63, 3.8) is 0 Å². The third-order valence-corrected chi connectivity index (χ3v) is 2.37. The summed E-state index contributed by atoms with van der Waals surface area (Å²) in [5.74, 6) is 0.101. The lowest BCUT2D eigenvalue weighted by Crippen LogP contribution is -2.31. The summed E-state index contributed by atoms with van der Waals surface area (Å²) in [6.45, 7) is 2.03. The van der Waals surface area contributed by atoms with Crippen LogP contribution in [-0.2, 0) is 0 Å². The molecule has 6 heteroatoms. The average molecular weight is 258 g/mol. The van der Waals surface area contributed by atoms with Crippen molar-refractivity contribution in [2.75, 3.05) is 25.4 Å². The Morgan fingerprint density at radius 2 is 2.00 bits per heavy atom. The standard InChI is InChI=1S/C13H14N4O2/c1-2-19-12-4-3-10(9-11(12)16)13(18)17(7-5-14)8-6-15/h3-4,9H,2,7-8,16H2,1H3. The summed E-state index contributed by atoms with van der Waals surface area (Å²) in [6.07, 6.45) is 0. The van der Waals surface area contributed by atoms with Gasteiger partial charge in [-0.1, -0.05) is 0 Å². The number of carbonyl (C=O) groups excluding carboxylic acids is 1. The molecule has 0 radical (unpaired) electrons. The summed E-state index contributed by atoms with van der Waals surface area (Å²) in [5, 5.41) is 17.3. The van der Waals surface area contributed by atoms with E-state index >= 15 is 0 Å². The zero-order valence-corrected chi connectivity index (χ0v) is 10.6. The first-order valence-electron chi connectivity index (χ1n) is 5.69. The molecule has 0 heterocycles. The summed E-state index contributed by atoms with van der Waals surface area (Å²) in [5.41, 5.74) is 6.44. The SMILES string of the molecule is CCOc1ccc(C(=O)N(CC#N)CC#N)cc1N. The van der Waals surface area contributed by atoms with E-state index in [9.17, 15) is 4.79 Å². The Balaban J connectivity index is 2.96. The molecule has 1 aromatic rings. The third-order valence-electron chi connectivity index (χ3n) is 2.37. The predicted octanol–water partition coefficient (Wildman–Crippen LogP) is 1.16. The van der Waals surface area contributed by atoms with E-state index in [0.29, 0.717) is 23.6 Å². The fourth-order valence-corrected chi connectivity index (χ4v) is 1.52. The molecule has 6 nitrogen and oxygen atoms in total. The first-order chi connectivity index (χ1) is 9.13. The van der Waals surface area contributed by atoms with Crippen LogP contribution in [0.2, 0.25) is 0 Å². The van der Waals surface area contributed by atoms with Crippen LogP contribution in [0.5, 0.6) is 5.75 Å². The van der Waals surface area contributed by atoms with Crippen LogP contribution in [0.4, 0.5) is 5.69 Å². The van der Waals surface area contributed by atoms with Gasteiger partial charge in [-0.3, -0.25) is 4.79 Å². The molecule has 1 rings (SSSR count). The molecular formula is C13H14N4O2. The quantitative estimate of drug-likeness (QED) is 0.630. The molecule has 0 fully saturated rings. The Kier molecular flexibility index (Phi) is 5.18. The van der Waals surface area contributed by atoms with Crippen LogP contribution in [0, 0.1) is 22.7 Å². The summed E-state index contributed by atoms with van der Waals surface area (Å²) in [7, 11) is 0. The molecule has 0 saturated carbocycles. The zero-order valence-electron chi connectivity index (χ0n) is 10.6. The number of nitriles is 2. The third kappa shape index (κ3) is 3.62. The maximum Gasteiger partial charge on any atom is 0.255 e. The van der Waals surface area contributed by atoms with E-state index in [1.807, 2.05) is 19.1 Å². The van der Waals surface area contributed by atoms with Gasteiger partial charge in [0, 0.05) is 5.56 Å². The molecule has 0 spiro atoms. The molecule has 0 atom stereocenters. The number of anilines is 1. The maximum absolute atomic E-state index is 12.1. The number of ether oxygens (including phenoxy) is 1. The van der Waals surface area contributed by atoms with E-state index in [4.69, 9.17) is 21.0 Å². The van der Waals surface area contributed by atoms with Gasteiger partial charge in [-0.05, 0) is 25.1 Å². The smallest absolute Gasteiger partial charge is 0.255 e. The monoisotopic (exact) mass is 258 g/mol. The zero-order chi connectivity index (χ0) is 14.3. The molecule has 0 aliphatic heterocycles. The van der Waals surface area contributed by atoms with Crippen LogP contribution in [0.15, 0.2) is 18.2 Å². The van der Waals surface area contributed by atoms with E-state index in [2.05, 4.69) is 0 Å². The number of nitrogens with zero attached hydrogens (tertiary/aromatic N) is 3. The van der Waals surface area contributed by atoms with Gasteiger partial charge in [0.15, 0.2) is 0 Å². The summed E-state index contributed by atoms with van der Waals surface area (Å²) in [6, 6.07) is 8.34. The molecule has 0 aliphatic carbocycles. The van der Waals surface area contributed by atoms with Gasteiger partial charge in [-0.15, -0.1) is 0 Å². The number of hydrogen-bond donors (Lipinski definition) is 1. The molecule has 0 bridgehead atoms. The first-order valence-corrected chi connectivity index (χ1v) is 5.69. The van der Waals surface area contributed by atoms with Crippen LogP contribution in [0.25, 0.3) is 0 Å². The molecule has 1 amide bonds. The van der Waals surface area contributed by atoms with Crippen molar-refractivity contribution in [1.82, 2.24) is 4.90 Å². The van der Waals surface area contributed by atoms with E-state index < -0.39 is 5.91 Å². The molecular weight excluding hydrogens is 244 g/mol. The van der Waals surface area contributed by atoms with Crippen LogP contribution >= 0.6 is 0 Å². The molecule has 1 aromatic carbocycles. The van der Waals surface area contributed by atoms with Gasteiger partial charge in [0.25, 0.3) is 5.91 Å². The van der Waals surface area contributed by atoms with Gasteiger partial charge in [-0.25, -0.2) is 0 Å². The lowest BCUT2D eigenvalue weighted by atomic mass is 10.1. The predicted molar refractivity (Wildman–Crippen MR) is 69.2 cm³/mol. The van der Waals surface area contributed by atoms with E-state index in [1.165, 1.54) is 6.07 Å². The average Bonchev–Trinajstić information content (AvgIpc) is 2.40. The number of hydrogen-bond acceptors (Lipinski definition) is 5. The molecule has 0 aliphatic rings. The molecule has 0 aromatic heterocycles. The summed E-state index contributed by atoms with van der Waals surface area (Å²) >= 11 is 0. The number of rotatable bonds is 5. The lowest BCUT2D eigenvalue weighted by molar-refractivity contribution is 0.0794. The normalized spacial score (nSPS) is 9.21. The van der Waals surface area contributed by atoms with Crippen molar-refractivity contribution in [2.24, 2.45) is 0 Å². The molecule has 19 heavy (non-hydrogen) atoms. The second kappa shape index (κ2) is 6.87. The second-order valence-electron chi connectivity index (χ2n) is 3.66. The lowest BCUT2D eigenvalue weighted by Gasteiger charge is -2.16. The molecule has 2 N–H and O–H groups in total. The Bertz CT molecular complexity index is 527. The summed E-state index contributed by atoms with van der Waals surface area (Å²) < 4.78 is 5.27. The fraction of sp³-hybridized carbons (Fsp3) is 0.308. The van der Waals surface area contributed by atoms with Gasteiger partial charge < -0.3 is 15.4 Å². The van der Waals surface area contributed by atoms with Crippen molar-refractivity contribution < 1.29 is 9.53 Å². The highest BCUT2D eigenvalue weighted by atomic mass is 16.5. The Morgan fingerprint density at radius 3 is 2.47 bits per heavy atom. The number of nitrogens with two attached hydrogens (primary N) is 1. The first kappa shape index (κ1) is 14.3. The van der Waals surface area contributed by atoms with Crippen molar-refractivity contribution >= 4 is 11.6 Å². The second-order valence-corrected chi connectivity index (χ2v) is 3.66. The number of nitrogen functional groups attached to an aromatic ring is 1. The van der Waals surface area contributed by atoms with E-state index in [0.717, 1.165) is 4.90 Å². The van der Waals surface area contributed by atoms with Crippen molar-refractivity contribution in [2.45, 2.75) is 6.92 Å². The van der Waals surface area contributed by atoms with Crippen molar-refractivity contribution in [3.8, 4) is 17.9 Å². The van der Waals surface area contributed by atoms with Gasteiger partial charge >= 0.3 is 0 Å². The van der Waals surface area contributed by atoms with Gasteiger partial charge in [-0.2, -0.15) is 10.5 Å². The minimum atomic E-state index is -0.405. The number of carbonyl (C=O) groups is 1. The molecule has 0 saturated heterocycles. The topological polar surface area (TPSA) is 103 Å². The highest BCUT2D eigenvalue weighted by molar-refractivity contribution is 5.95. The minimum Gasteiger partial charge on any atom is -0.492 e. The maximum atomic E-state index is 12.1. The van der Waals surface area contributed by atoms with Crippen molar-refractivity contribution in [3.05, 3.63) is 23.8 Å². The number of amides is 1. The Hall–Kier alpha value is -2.73. The summed E-state index contributed by atoms with van der Waals surface area (Å²) in [4.78, 5) is 13.2. The Labute approximate surface area is 111 Å². The van der Waals surface area contributed by atoms with Gasteiger partial charge in [0.05, 0.1) is 24.4 Å². The van der Waals surface area contributed by atoms with Crippen LogP contribution in [-0.4, -0.2) is 30.5 Å². The minimum absolute atomic E-state index is 0.139. The van der Waals surface area contributed by atoms with Crippen molar-refractivity contribution in [1.29, 1.82) is 10.5 Å². The van der Waals surface area contributed by atoms with E-state index in [1.54, 1.807) is 12.1 Å². The Morgan fingerprint density at radius 1 is 1.37 bits per heavy atom. The highest BCUT2D eigenvalue weighted by Crippen LogP contribution is 2.23. The fourth-order valence-electron chi connectivity index (χ4n) is 1.52. The van der Waals surface area contributed by atoms with Crippen LogP contribution in [0.1, 0.15) is 17.3 Å². The van der Waals surface area contributed by atoms with E-state index in [-0.39, 0.29) is 13.1 Å².